The fourth-order valence-corrected chi connectivity index (χ4v) is 6.29. The number of alkyl halides is 3. The number of hydrogen-bond acceptors (Lipinski definition) is 8. The minimum atomic E-state index is -4.58. The highest BCUT2D eigenvalue weighted by Crippen LogP contribution is 2.49. The molecule has 3 aromatic rings. The van der Waals surface area contributed by atoms with E-state index in [-0.39, 0.29) is 49.5 Å². The van der Waals surface area contributed by atoms with E-state index < -0.39 is 76.9 Å². The number of nitrogens with zero attached hydrogens (tertiary/aromatic N) is 2. The fourth-order valence-electron chi connectivity index (χ4n) is 6.29. The molecule has 11 nitrogen and oxygen atoms in total. The zero-order chi connectivity index (χ0) is 36.2. The van der Waals surface area contributed by atoms with Crippen LogP contribution in [0.25, 0.3) is 0 Å². The molecule has 5 rings (SSSR count). The molecule has 1 saturated heterocycles. The number of rotatable bonds is 9. The van der Waals surface area contributed by atoms with Crippen LogP contribution in [0.2, 0.25) is 0 Å². The molecule has 0 aliphatic carbocycles. The molecule has 2 aliphatic heterocycles. The Hall–Kier alpha value is -4.74. The van der Waals surface area contributed by atoms with Gasteiger partial charge in [0.1, 0.15) is 24.8 Å². The molecular weight excluding hydrogens is 676 g/mol. The number of aromatic nitrogens is 1. The number of carbonyl (C=O) groups excluding carboxylic acids is 3. The standard InChI is InChI=1S/C33H33F6N5O6/c1-44(26-11-20(35)6-8-24(26)28(18-4-3-5-19(34)10-18)29(30(44)45)43-32(47)48-2)27-14-40-13-25(36)23(27)9-7-22-12-41-21(15-49-22)16-50-31(46)42-17-33(37,38)39/h3-6,8,10-11,13-14,21-22,28-29,41H,7,9,12,15-17H2,1-2H3,(H-,42,43,46,47)/p+1/t21-,22+,28+,29-,44?/m0/s1. The van der Waals surface area contributed by atoms with E-state index in [1.54, 1.807) is 11.4 Å². The summed E-state index contributed by atoms with van der Waals surface area (Å²) in [6.45, 7) is -1.54. The molecule has 3 amide bonds. The van der Waals surface area contributed by atoms with E-state index in [9.17, 15) is 36.3 Å². The van der Waals surface area contributed by atoms with Crippen LogP contribution in [-0.4, -0.2) is 87.9 Å². The van der Waals surface area contributed by atoms with Crippen molar-refractivity contribution in [2.45, 2.75) is 43.1 Å². The molecule has 1 fully saturated rings. The summed E-state index contributed by atoms with van der Waals surface area (Å²) >= 11 is 0. The van der Waals surface area contributed by atoms with Gasteiger partial charge in [-0.25, -0.2) is 27.6 Å². The highest BCUT2D eigenvalue weighted by molar-refractivity contribution is 6.03. The third kappa shape index (κ3) is 8.00. The molecule has 2 aromatic carbocycles. The first-order valence-electron chi connectivity index (χ1n) is 15.5. The maximum absolute atomic E-state index is 15.7. The van der Waals surface area contributed by atoms with Gasteiger partial charge in [-0.15, -0.1) is 0 Å². The lowest BCUT2D eigenvalue weighted by Crippen LogP contribution is -2.62. The van der Waals surface area contributed by atoms with Gasteiger partial charge in [0.2, 0.25) is 0 Å². The first-order chi connectivity index (χ1) is 23.7. The Morgan fingerprint density at radius 3 is 2.50 bits per heavy atom. The van der Waals surface area contributed by atoms with Gasteiger partial charge in [0.25, 0.3) is 0 Å². The number of benzene rings is 2. The van der Waals surface area contributed by atoms with Crippen molar-refractivity contribution in [3.8, 4) is 0 Å². The minimum absolute atomic E-state index is 0.0191. The van der Waals surface area contributed by atoms with Crippen molar-refractivity contribution < 1.29 is 54.9 Å². The maximum Gasteiger partial charge on any atom is 0.407 e. The van der Waals surface area contributed by atoms with Crippen molar-refractivity contribution in [3.05, 3.63) is 89.0 Å². The number of ether oxygens (including phenoxy) is 3. The van der Waals surface area contributed by atoms with Gasteiger partial charge in [-0.3, -0.25) is 4.98 Å². The number of hydrogen-bond donors (Lipinski definition) is 3. The summed E-state index contributed by atoms with van der Waals surface area (Å²) in [6, 6.07) is 7.30. The third-order valence-corrected chi connectivity index (χ3v) is 8.71. The molecule has 50 heavy (non-hydrogen) atoms. The second-order valence-electron chi connectivity index (χ2n) is 12.0. The van der Waals surface area contributed by atoms with Crippen molar-refractivity contribution >= 4 is 29.5 Å². The number of fused-ring (bicyclic) bond motifs is 1. The zero-order valence-electron chi connectivity index (χ0n) is 26.9. The molecule has 1 aromatic heterocycles. The lowest BCUT2D eigenvalue weighted by Gasteiger charge is -2.43. The van der Waals surface area contributed by atoms with Gasteiger partial charge in [0.15, 0.2) is 23.2 Å². The average molecular weight is 711 g/mol. The monoisotopic (exact) mass is 710 g/mol. The normalized spacial score (nSPS) is 23.5. The van der Waals surface area contributed by atoms with Crippen LogP contribution in [-0.2, 0) is 25.4 Å². The lowest BCUT2D eigenvalue weighted by atomic mass is 9.78. The SMILES string of the molecule is COC(=O)N[C@@H]1C(=O)[N+](C)(c2cncc(F)c2CC[C@@H]2CN[C@H](COC(=O)NCC(F)(F)F)CO2)c2cc(F)ccc2[C@H]1c1cccc(F)c1. The summed E-state index contributed by atoms with van der Waals surface area (Å²) < 4.78 is 96.6. The van der Waals surface area contributed by atoms with Crippen molar-refractivity contribution in [2.24, 2.45) is 0 Å². The van der Waals surface area contributed by atoms with Crippen molar-refractivity contribution in [1.82, 2.24) is 25.4 Å². The topological polar surface area (TPSA) is 128 Å². The Morgan fingerprint density at radius 1 is 1.06 bits per heavy atom. The number of pyridine rings is 1. The third-order valence-electron chi connectivity index (χ3n) is 8.71. The van der Waals surface area contributed by atoms with Crippen LogP contribution in [0.1, 0.15) is 29.0 Å². The number of likely N-dealkylation sites (N-methyl/N-ethyl adjacent to an activating group) is 1. The van der Waals surface area contributed by atoms with Gasteiger partial charge >= 0.3 is 24.3 Å². The molecule has 0 bridgehead atoms. The highest BCUT2D eigenvalue weighted by Gasteiger charge is 2.54. The Labute approximate surface area is 282 Å². The number of halogens is 6. The molecule has 1 unspecified atom stereocenters. The van der Waals surface area contributed by atoms with Crippen LogP contribution >= 0.6 is 0 Å². The quantitative estimate of drug-likeness (QED) is 0.215. The molecular formula is C33H34F6N5O6+. The van der Waals surface area contributed by atoms with Gasteiger partial charge in [0, 0.05) is 24.1 Å². The molecule has 17 heteroatoms. The van der Waals surface area contributed by atoms with E-state index in [0.717, 1.165) is 19.4 Å². The van der Waals surface area contributed by atoms with E-state index in [1.807, 2.05) is 0 Å². The molecule has 3 N–H and O–H groups in total. The van der Waals surface area contributed by atoms with Crippen molar-refractivity contribution in [1.29, 1.82) is 0 Å². The number of alkyl carbamates (subject to hydrolysis) is 2. The fraction of sp³-hybridized carbons (Fsp3) is 0.394. The number of methoxy groups -OCH3 is 1. The number of nitrogens with one attached hydrogen (secondary N) is 3. The molecule has 0 spiro atoms. The Bertz CT molecular complexity index is 1740. The van der Waals surface area contributed by atoms with Gasteiger partial charge < -0.3 is 30.2 Å². The van der Waals surface area contributed by atoms with Gasteiger partial charge in [0.05, 0.1) is 50.9 Å². The van der Waals surface area contributed by atoms with Gasteiger partial charge in [-0.1, -0.05) is 12.1 Å². The first kappa shape index (κ1) is 36.5. The Kier molecular flexibility index (Phi) is 11.0. The molecule has 0 saturated carbocycles. The van der Waals surface area contributed by atoms with Gasteiger partial charge in [-0.2, -0.15) is 17.7 Å². The zero-order valence-corrected chi connectivity index (χ0v) is 26.9. The predicted octanol–water partition coefficient (Wildman–Crippen LogP) is 4.74. The summed E-state index contributed by atoms with van der Waals surface area (Å²) in [5.41, 5.74) is 0.956. The molecule has 268 valence electrons. The predicted molar refractivity (Wildman–Crippen MR) is 166 cm³/mol. The van der Waals surface area contributed by atoms with Crippen LogP contribution in [0.5, 0.6) is 0 Å². The molecule has 5 atom stereocenters. The van der Waals surface area contributed by atoms with E-state index in [2.05, 4.69) is 15.6 Å². The Balaban J connectivity index is 1.40. The van der Waals surface area contributed by atoms with E-state index in [0.29, 0.717) is 11.1 Å². The van der Waals surface area contributed by atoms with Crippen molar-refractivity contribution in [2.75, 3.05) is 40.5 Å². The number of carbonyl (C=O) groups is 3. The maximum atomic E-state index is 15.7. The summed E-state index contributed by atoms with van der Waals surface area (Å²) in [6.07, 6.45) is -4.74. The average Bonchev–Trinajstić information content (AvgIpc) is 3.08. The summed E-state index contributed by atoms with van der Waals surface area (Å²) in [4.78, 5) is 42.8. The van der Waals surface area contributed by atoms with Gasteiger partial charge in [-0.05, 0) is 42.7 Å². The van der Waals surface area contributed by atoms with Crippen LogP contribution in [0.4, 0.5) is 47.3 Å². The lowest BCUT2D eigenvalue weighted by molar-refractivity contribution is -0.130. The van der Waals surface area contributed by atoms with E-state index in [1.165, 1.54) is 43.6 Å². The van der Waals surface area contributed by atoms with Crippen LogP contribution < -0.4 is 20.4 Å². The first-order valence-corrected chi connectivity index (χ1v) is 15.5. The molecule has 3 heterocycles. The second-order valence-corrected chi connectivity index (χ2v) is 12.0. The number of quaternary nitrogens is 1. The van der Waals surface area contributed by atoms with Crippen LogP contribution in [0.3, 0.4) is 0 Å². The smallest absolute Gasteiger partial charge is 0.407 e. The largest absolute Gasteiger partial charge is 0.453 e. The number of amides is 3. The second kappa shape index (κ2) is 15.0. The highest BCUT2D eigenvalue weighted by atomic mass is 19.4. The van der Waals surface area contributed by atoms with E-state index >= 15 is 4.39 Å². The Morgan fingerprint density at radius 2 is 1.82 bits per heavy atom. The number of morpholine rings is 1. The van der Waals surface area contributed by atoms with Crippen LogP contribution in [0.15, 0.2) is 54.9 Å². The summed E-state index contributed by atoms with van der Waals surface area (Å²) in [5, 5.41) is 7.23. The summed E-state index contributed by atoms with van der Waals surface area (Å²) in [5.74, 6) is -3.72. The van der Waals surface area contributed by atoms with E-state index in [4.69, 9.17) is 14.2 Å². The van der Waals surface area contributed by atoms with Crippen LogP contribution in [0, 0.1) is 17.5 Å². The van der Waals surface area contributed by atoms with Crippen molar-refractivity contribution in [3.63, 3.8) is 0 Å². The molecule has 2 aliphatic rings. The minimum Gasteiger partial charge on any atom is -0.453 e. The summed E-state index contributed by atoms with van der Waals surface area (Å²) in [7, 11) is 2.54. The molecule has 0 radical (unpaired) electrons.